The molecule has 1 unspecified atom stereocenters. The Morgan fingerprint density at radius 1 is 1.44 bits per heavy atom. The highest BCUT2D eigenvalue weighted by atomic mass is 79.9. The number of hydrogen-bond acceptors (Lipinski definition) is 2. The third-order valence-corrected chi connectivity index (χ3v) is 3.21. The summed E-state index contributed by atoms with van der Waals surface area (Å²) >= 11 is 3.22. The second kappa shape index (κ2) is 3.97. The maximum Gasteiger partial charge on any atom is 0.237 e. The largest absolute Gasteiger partial charge is 0.285 e. The summed E-state index contributed by atoms with van der Waals surface area (Å²) in [5.74, 6) is -1.75. The predicted molar refractivity (Wildman–Crippen MR) is 59.2 cm³/mol. The lowest BCUT2D eigenvalue weighted by Gasteiger charge is -2.10. The smallest absolute Gasteiger partial charge is 0.237 e. The van der Waals surface area contributed by atoms with E-state index in [0.717, 1.165) is 4.90 Å². The van der Waals surface area contributed by atoms with Crippen LogP contribution < -0.4 is 0 Å². The van der Waals surface area contributed by atoms with Crippen LogP contribution in [0.5, 0.6) is 0 Å². The van der Waals surface area contributed by atoms with E-state index in [2.05, 4.69) is 15.9 Å². The van der Waals surface area contributed by atoms with E-state index in [0.29, 0.717) is 4.47 Å². The van der Waals surface area contributed by atoms with Gasteiger partial charge in [0.25, 0.3) is 0 Å². The third kappa shape index (κ3) is 1.75. The first-order valence-corrected chi connectivity index (χ1v) is 5.55. The van der Waals surface area contributed by atoms with E-state index in [-0.39, 0.29) is 23.8 Å². The SMILES string of the molecule is CN1C(=O)CC(c2cc(Br)ccc2F)C1=O. The Hall–Kier alpha value is -1.23. The van der Waals surface area contributed by atoms with Crippen LogP contribution in [0.3, 0.4) is 0 Å². The van der Waals surface area contributed by atoms with E-state index < -0.39 is 11.7 Å². The Bertz CT molecular complexity index is 475. The van der Waals surface area contributed by atoms with Crippen molar-refractivity contribution in [2.24, 2.45) is 0 Å². The molecule has 1 saturated heterocycles. The first-order chi connectivity index (χ1) is 7.50. The van der Waals surface area contributed by atoms with E-state index in [9.17, 15) is 14.0 Å². The summed E-state index contributed by atoms with van der Waals surface area (Å²) in [5.41, 5.74) is 0.275. The Labute approximate surface area is 100 Å². The molecule has 2 rings (SSSR count). The van der Waals surface area contributed by atoms with Crippen LogP contribution >= 0.6 is 15.9 Å². The monoisotopic (exact) mass is 285 g/mol. The molecular weight excluding hydrogens is 277 g/mol. The average molecular weight is 286 g/mol. The highest BCUT2D eigenvalue weighted by Gasteiger charge is 2.38. The zero-order valence-electron chi connectivity index (χ0n) is 8.54. The Balaban J connectivity index is 2.42. The minimum Gasteiger partial charge on any atom is -0.285 e. The zero-order chi connectivity index (χ0) is 11.9. The van der Waals surface area contributed by atoms with Crippen molar-refractivity contribution >= 4 is 27.7 Å². The molecule has 0 aliphatic carbocycles. The molecular formula is C11H9BrFNO2. The minimum atomic E-state index is -0.685. The van der Waals surface area contributed by atoms with Gasteiger partial charge in [0.05, 0.1) is 5.92 Å². The molecule has 84 valence electrons. The maximum atomic E-state index is 13.5. The molecule has 1 aromatic carbocycles. The number of rotatable bonds is 1. The average Bonchev–Trinajstić information content (AvgIpc) is 2.50. The molecule has 3 nitrogen and oxygen atoms in total. The zero-order valence-corrected chi connectivity index (χ0v) is 10.1. The van der Waals surface area contributed by atoms with Gasteiger partial charge < -0.3 is 0 Å². The quantitative estimate of drug-likeness (QED) is 0.741. The van der Waals surface area contributed by atoms with Crippen molar-refractivity contribution < 1.29 is 14.0 Å². The number of nitrogens with zero attached hydrogens (tertiary/aromatic N) is 1. The molecule has 0 aromatic heterocycles. The molecule has 5 heteroatoms. The predicted octanol–water partition coefficient (Wildman–Crippen LogP) is 2.06. The Kier molecular flexibility index (Phi) is 2.80. The van der Waals surface area contributed by atoms with Gasteiger partial charge in [0.1, 0.15) is 5.82 Å². The molecule has 1 aromatic rings. The molecule has 0 N–H and O–H groups in total. The summed E-state index contributed by atoms with van der Waals surface area (Å²) in [6.07, 6.45) is 0.0444. The normalized spacial score (nSPS) is 20.7. The summed E-state index contributed by atoms with van der Waals surface area (Å²) < 4.78 is 14.2. The van der Waals surface area contributed by atoms with Crippen molar-refractivity contribution in [3.05, 3.63) is 34.1 Å². The molecule has 2 amide bonds. The van der Waals surface area contributed by atoms with E-state index in [1.165, 1.54) is 13.1 Å². The van der Waals surface area contributed by atoms with Gasteiger partial charge in [-0.3, -0.25) is 14.5 Å². The van der Waals surface area contributed by atoms with Crippen LogP contribution in [0.25, 0.3) is 0 Å². The van der Waals surface area contributed by atoms with Crippen LogP contribution in [0.15, 0.2) is 22.7 Å². The van der Waals surface area contributed by atoms with Crippen LogP contribution in [0, 0.1) is 5.82 Å². The molecule has 0 radical (unpaired) electrons. The fourth-order valence-electron chi connectivity index (χ4n) is 1.78. The van der Waals surface area contributed by atoms with Crippen LogP contribution in [-0.4, -0.2) is 23.8 Å². The van der Waals surface area contributed by atoms with E-state index in [4.69, 9.17) is 0 Å². The van der Waals surface area contributed by atoms with Crippen molar-refractivity contribution in [2.45, 2.75) is 12.3 Å². The molecule has 0 bridgehead atoms. The van der Waals surface area contributed by atoms with E-state index in [1.54, 1.807) is 12.1 Å². The molecule has 1 fully saturated rings. The van der Waals surface area contributed by atoms with Crippen molar-refractivity contribution in [2.75, 3.05) is 7.05 Å². The summed E-state index contributed by atoms with van der Waals surface area (Å²) in [6, 6.07) is 4.39. The fraction of sp³-hybridized carbons (Fsp3) is 0.273. The first kappa shape index (κ1) is 11.3. The number of carbonyl (C=O) groups excluding carboxylic acids is 2. The number of halogens is 2. The molecule has 0 spiro atoms. The fourth-order valence-corrected chi connectivity index (χ4v) is 2.16. The van der Waals surface area contributed by atoms with Gasteiger partial charge in [0, 0.05) is 23.5 Å². The number of benzene rings is 1. The minimum absolute atomic E-state index is 0.0444. The highest BCUT2D eigenvalue weighted by Crippen LogP contribution is 2.31. The topological polar surface area (TPSA) is 37.4 Å². The second-order valence-electron chi connectivity index (χ2n) is 3.71. The van der Waals surface area contributed by atoms with Gasteiger partial charge in [0.15, 0.2) is 0 Å². The molecule has 1 atom stereocenters. The molecule has 1 aliphatic heterocycles. The summed E-state index contributed by atoms with van der Waals surface area (Å²) in [4.78, 5) is 24.1. The van der Waals surface area contributed by atoms with Crippen molar-refractivity contribution in [1.82, 2.24) is 4.90 Å². The Morgan fingerprint density at radius 2 is 2.12 bits per heavy atom. The lowest BCUT2D eigenvalue weighted by Crippen LogP contribution is -2.25. The standard InChI is InChI=1S/C11H9BrFNO2/c1-14-10(15)5-8(11(14)16)7-4-6(12)2-3-9(7)13/h2-4,8H,5H2,1H3. The summed E-state index contributed by atoms with van der Waals surface area (Å²) in [5, 5.41) is 0. The van der Waals surface area contributed by atoms with Gasteiger partial charge >= 0.3 is 0 Å². The number of amides is 2. The highest BCUT2D eigenvalue weighted by molar-refractivity contribution is 9.10. The van der Waals surface area contributed by atoms with Crippen LogP contribution in [0.1, 0.15) is 17.9 Å². The number of hydrogen-bond donors (Lipinski definition) is 0. The van der Waals surface area contributed by atoms with Crippen molar-refractivity contribution in [3.8, 4) is 0 Å². The van der Waals surface area contributed by atoms with Gasteiger partial charge in [-0.1, -0.05) is 15.9 Å². The molecule has 0 saturated carbocycles. The lowest BCUT2D eigenvalue weighted by atomic mass is 9.97. The van der Waals surface area contributed by atoms with Gasteiger partial charge in [-0.2, -0.15) is 0 Å². The second-order valence-corrected chi connectivity index (χ2v) is 4.63. The van der Waals surface area contributed by atoms with E-state index >= 15 is 0 Å². The lowest BCUT2D eigenvalue weighted by molar-refractivity contribution is -0.137. The number of likely N-dealkylation sites (tertiary alicyclic amines) is 1. The molecule has 1 aliphatic rings. The van der Waals surface area contributed by atoms with Gasteiger partial charge in [-0.15, -0.1) is 0 Å². The van der Waals surface area contributed by atoms with E-state index in [1.807, 2.05) is 0 Å². The van der Waals surface area contributed by atoms with Crippen LogP contribution in [0.2, 0.25) is 0 Å². The number of imide groups is 1. The number of carbonyl (C=O) groups is 2. The number of likely N-dealkylation sites (N-methyl/N-ethyl adjacent to an activating group) is 1. The summed E-state index contributed by atoms with van der Waals surface area (Å²) in [6.45, 7) is 0. The summed E-state index contributed by atoms with van der Waals surface area (Å²) in [7, 11) is 1.42. The van der Waals surface area contributed by atoms with Gasteiger partial charge in [-0.05, 0) is 18.2 Å². The van der Waals surface area contributed by atoms with Crippen LogP contribution in [-0.2, 0) is 9.59 Å². The van der Waals surface area contributed by atoms with Gasteiger partial charge in [0.2, 0.25) is 11.8 Å². The Morgan fingerprint density at radius 3 is 2.69 bits per heavy atom. The van der Waals surface area contributed by atoms with Crippen LogP contribution in [0.4, 0.5) is 4.39 Å². The third-order valence-electron chi connectivity index (χ3n) is 2.71. The molecule has 16 heavy (non-hydrogen) atoms. The van der Waals surface area contributed by atoms with Crippen molar-refractivity contribution in [1.29, 1.82) is 0 Å². The van der Waals surface area contributed by atoms with Gasteiger partial charge in [-0.25, -0.2) is 4.39 Å². The maximum absolute atomic E-state index is 13.5. The molecule has 1 heterocycles. The van der Waals surface area contributed by atoms with Crippen molar-refractivity contribution in [3.63, 3.8) is 0 Å². The first-order valence-electron chi connectivity index (χ1n) is 4.76.